The van der Waals surface area contributed by atoms with E-state index in [0.717, 1.165) is 30.8 Å². The van der Waals surface area contributed by atoms with Gasteiger partial charge in [-0.15, -0.1) is 0 Å². The van der Waals surface area contributed by atoms with E-state index in [2.05, 4.69) is 25.1 Å². The van der Waals surface area contributed by atoms with Crippen molar-refractivity contribution >= 4 is 0 Å². The van der Waals surface area contributed by atoms with Gasteiger partial charge in [-0.1, -0.05) is 12.1 Å². The van der Waals surface area contributed by atoms with Gasteiger partial charge in [0, 0.05) is 24.6 Å². The van der Waals surface area contributed by atoms with Crippen LogP contribution in [0, 0.1) is 6.92 Å². The van der Waals surface area contributed by atoms with Gasteiger partial charge >= 0.3 is 0 Å². The van der Waals surface area contributed by atoms with E-state index in [9.17, 15) is 0 Å². The van der Waals surface area contributed by atoms with Crippen molar-refractivity contribution in [1.82, 2.24) is 0 Å². The predicted molar refractivity (Wildman–Crippen MR) is 72.9 cm³/mol. The van der Waals surface area contributed by atoms with Crippen molar-refractivity contribution in [3.05, 3.63) is 29.3 Å². The molecular formula is C15H23NO2. The Morgan fingerprint density at radius 3 is 3.00 bits per heavy atom. The molecule has 1 aliphatic rings. The summed E-state index contributed by atoms with van der Waals surface area (Å²) in [6.45, 7) is 5.66. The number of hydrogen-bond acceptors (Lipinski definition) is 3. The SMILES string of the molecule is Cc1ccc([C@H](C)N)c(OCCC2CCCO2)c1. The molecule has 2 rings (SSSR count). The van der Waals surface area contributed by atoms with E-state index >= 15 is 0 Å². The van der Waals surface area contributed by atoms with E-state index in [-0.39, 0.29) is 6.04 Å². The molecule has 100 valence electrons. The molecule has 3 nitrogen and oxygen atoms in total. The Balaban J connectivity index is 1.92. The molecule has 18 heavy (non-hydrogen) atoms. The van der Waals surface area contributed by atoms with E-state index in [4.69, 9.17) is 15.2 Å². The zero-order valence-corrected chi connectivity index (χ0v) is 11.3. The van der Waals surface area contributed by atoms with Crippen molar-refractivity contribution in [3.63, 3.8) is 0 Å². The van der Waals surface area contributed by atoms with Crippen molar-refractivity contribution in [2.24, 2.45) is 5.73 Å². The molecule has 0 aromatic heterocycles. The molecule has 1 aromatic carbocycles. The van der Waals surface area contributed by atoms with E-state index in [1.165, 1.54) is 12.0 Å². The van der Waals surface area contributed by atoms with Crippen LogP contribution in [0.5, 0.6) is 5.75 Å². The van der Waals surface area contributed by atoms with Crippen molar-refractivity contribution in [2.75, 3.05) is 13.2 Å². The first kappa shape index (κ1) is 13.4. The Morgan fingerprint density at radius 1 is 1.50 bits per heavy atom. The topological polar surface area (TPSA) is 44.5 Å². The first-order valence-corrected chi connectivity index (χ1v) is 6.77. The van der Waals surface area contributed by atoms with E-state index in [1.807, 2.05) is 6.92 Å². The fraction of sp³-hybridized carbons (Fsp3) is 0.600. The first-order chi connectivity index (χ1) is 8.66. The molecular weight excluding hydrogens is 226 g/mol. The quantitative estimate of drug-likeness (QED) is 0.872. The van der Waals surface area contributed by atoms with Gasteiger partial charge < -0.3 is 15.2 Å². The van der Waals surface area contributed by atoms with Crippen LogP contribution in [0.3, 0.4) is 0 Å². The van der Waals surface area contributed by atoms with Crippen LogP contribution < -0.4 is 10.5 Å². The van der Waals surface area contributed by atoms with Gasteiger partial charge in [0.25, 0.3) is 0 Å². The van der Waals surface area contributed by atoms with Gasteiger partial charge in [0.05, 0.1) is 12.7 Å². The third kappa shape index (κ3) is 3.47. The van der Waals surface area contributed by atoms with Gasteiger partial charge in [-0.25, -0.2) is 0 Å². The molecule has 0 radical (unpaired) electrons. The Labute approximate surface area is 109 Å². The molecule has 1 unspecified atom stereocenters. The number of aryl methyl sites for hydroxylation is 1. The Hall–Kier alpha value is -1.06. The minimum absolute atomic E-state index is 0.00308. The van der Waals surface area contributed by atoms with Gasteiger partial charge in [-0.2, -0.15) is 0 Å². The normalized spacial score (nSPS) is 20.9. The third-order valence-corrected chi connectivity index (χ3v) is 3.38. The molecule has 2 atom stereocenters. The van der Waals surface area contributed by atoms with E-state index < -0.39 is 0 Å². The highest BCUT2D eigenvalue weighted by Crippen LogP contribution is 2.25. The number of nitrogens with two attached hydrogens (primary N) is 1. The van der Waals surface area contributed by atoms with Gasteiger partial charge in [0.2, 0.25) is 0 Å². The molecule has 0 bridgehead atoms. The summed E-state index contributed by atoms with van der Waals surface area (Å²) in [6.07, 6.45) is 3.69. The van der Waals surface area contributed by atoms with Crippen molar-refractivity contribution in [1.29, 1.82) is 0 Å². The monoisotopic (exact) mass is 249 g/mol. The molecule has 0 amide bonds. The van der Waals surface area contributed by atoms with Crippen molar-refractivity contribution in [2.45, 2.75) is 45.3 Å². The Kier molecular flexibility index (Phi) is 4.61. The maximum Gasteiger partial charge on any atom is 0.124 e. The average molecular weight is 249 g/mol. The summed E-state index contributed by atoms with van der Waals surface area (Å²) in [5, 5.41) is 0. The third-order valence-electron chi connectivity index (χ3n) is 3.38. The summed E-state index contributed by atoms with van der Waals surface area (Å²) in [4.78, 5) is 0. The largest absolute Gasteiger partial charge is 0.493 e. The molecule has 1 aromatic rings. The Morgan fingerprint density at radius 2 is 2.33 bits per heavy atom. The van der Waals surface area contributed by atoms with E-state index in [0.29, 0.717) is 12.7 Å². The lowest BCUT2D eigenvalue weighted by Crippen LogP contribution is -2.13. The summed E-state index contributed by atoms with van der Waals surface area (Å²) >= 11 is 0. The number of benzene rings is 1. The summed E-state index contributed by atoms with van der Waals surface area (Å²) in [6, 6.07) is 6.20. The van der Waals surface area contributed by atoms with Crippen LogP contribution >= 0.6 is 0 Å². The van der Waals surface area contributed by atoms with E-state index in [1.54, 1.807) is 0 Å². The van der Waals surface area contributed by atoms with Gasteiger partial charge in [-0.3, -0.25) is 0 Å². The van der Waals surface area contributed by atoms with Crippen LogP contribution in [0.15, 0.2) is 18.2 Å². The maximum absolute atomic E-state index is 5.95. The molecule has 0 spiro atoms. The number of rotatable bonds is 5. The summed E-state index contributed by atoms with van der Waals surface area (Å²) in [5.74, 6) is 0.919. The predicted octanol–water partition coefficient (Wildman–Crippen LogP) is 2.96. The fourth-order valence-corrected chi connectivity index (χ4v) is 2.32. The smallest absolute Gasteiger partial charge is 0.124 e. The highest BCUT2D eigenvalue weighted by Gasteiger charge is 2.15. The minimum Gasteiger partial charge on any atom is -0.493 e. The summed E-state index contributed by atoms with van der Waals surface area (Å²) in [7, 11) is 0. The number of hydrogen-bond donors (Lipinski definition) is 1. The second-order valence-corrected chi connectivity index (χ2v) is 5.10. The highest BCUT2D eigenvalue weighted by atomic mass is 16.5. The molecule has 2 N–H and O–H groups in total. The van der Waals surface area contributed by atoms with Gasteiger partial charge in [0.15, 0.2) is 0 Å². The second kappa shape index (κ2) is 6.21. The lowest BCUT2D eigenvalue weighted by atomic mass is 10.1. The van der Waals surface area contributed by atoms with Crippen LogP contribution in [-0.2, 0) is 4.74 Å². The van der Waals surface area contributed by atoms with Crippen LogP contribution in [0.1, 0.15) is 43.4 Å². The molecule has 1 saturated heterocycles. The molecule has 3 heteroatoms. The average Bonchev–Trinajstić information content (AvgIpc) is 2.82. The highest BCUT2D eigenvalue weighted by molar-refractivity contribution is 5.38. The van der Waals surface area contributed by atoms with Crippen LogP contribution in [0.4, 0.5) is 0 Å². The zero-order valence-electron chi connectivity index (χ0n) is 11.3. The maximum atomic E-state index is 5.95. The fourth-order valence-electron chi connectivity index (χ4n) is 2.32. The lowest BCUT2D eigenvalue weighted by Gasteiger charge is -2.16. The molecule has 1 aliphatic heterocycles. The standard InChI is InChI=1S/C15H23NO2/c1-11-5-6-14(12(2)16)15(10-11)18-9-7-13-4-3-8-17-13/h5-6,10,12-13H,3-4,7-9,16H2,1-2H3/t12-,13?/m0/s1. The number of ether oxygens (including phenoxy) is 2. The van der Waals surface area contributed by atoms with Crippen LogP contribution in [0.2, 0.25) is 0 Å². The van der Waals surface area contributed by atoms with Crippen LogP contribution in [-0.4, -0.2) is 19.3 Å². The van der Waals surface area contributed by atoms with Gasteiger partial charge in [-0.05, 0) is 38.3 Å². The summed E-state index contributed by atoms with van der Waals surface area (Å²) in [5.41, 5.74) is 8.23. The Bertz CT molecular complexity index is 384. The lowest BCUT2D eigenvalue weighted by molar-refractivity contribution is 0.0901. The second-order valence-electron chi connectivity index (χ2n) is 5.10. The first-order valence-electron chi connectivity index (χ1n) is 6.77. The van der Waals surface area contributed by atoms with Crippen LogP contribution in [0.25, 0.3) is 0 Å². The molecule has 1 fully saturated rings. The molecule has 1 heterocycles. The minimum atomic E-state index is 0.00308. The van der Waals surface area contributed by atoms with Gasteiger partial charge in [0.1, 0.15) is 5.75 Å². The summed E-state index contributed by atoms with van der Waals surface area (Å²) < 4.78 is 11.5. The van der Waals surface area contributed by atoms with Crippen molar-refractivity contribution in [3.8, 4) is 5.75 Å². The molecule has 0 aliphatic carbocycles. The van der Waals surface area contributed by atoms with Crippen molar-refractivity contribution < 1.29 is 9.47 Å². The molecule has 0 saturated carbocycles. The zero-order chi connectivity index (χ0) is 13.0.